The minimum Gasteiger partial charge on any atom is -0.347 e. The molecule has 1 heterocycles. The Morgan fingerprint density at radius 3 is 2.75 bits per heavy atom. The van der Waals surface area contributed by atoms with Gasteiger partial charge in [-0.25, -0.2) is 13.1 Å². The second-order valence-corrected chi connectivity index (χ2v) is 8.70. The zero-order chi connectivity index (χ0) is 17.7. The zero-order valence-electron chi connectivity index (χ0n) is 14.0. The minimum absolute atomic E-state index is 0.0696. The van der Waals surface area contributed by atoms with E-state index < -0.39 is 10.0 Å². The molecule has 0 aliphatic carbocycles. The molecule has 1 fully saturated rings. The molecule has 1 N–H and O–H groups in total. The van der Waals surface area contributed by atoms with E-state index in [-0.39, 0.29) is 16.8 Å². The molecule has 0 aromatic heterocycles. The maximum atomic E-state index is 12.3. The van der Waals surface area contributed by atoms with E-state index in [9.17, 15) is 13.2 Å². The van der Waals surface area contributed by atoms with E-state index in [0.717, 1.165) is 19.4 Å². The van der Waals surface area contributed by atoms with E-state index in [1.165, 1.54) is 0 Å². The van der Waals surface area contributed by atoms with Crippen LogP contribution in [0.15, 0.2) is 33.6 Å². The van der Waals surface area contributed by atoms with Gasteiger partial charge in [0, 0.05) is 31.7 Å². The fourth-order valence-corrected chi connectivity index (χ4v) is 4.98. The Hall–Kier alpha value is -0.960. The molecular weight excluding hydrogens is 394 g/mol. The van der Waals surface area contributed by atoms with Gasteiger partial charge >= 0.3 is 0 Å². The second kappa shape index (κ2) is 8.42. The van der Waals surface area contributed by atoms with Crippen LogP contribution in [0.1, 0.15) is 19.3 Å². The Labute approximate surface area is 152 Å². The van der Waals surface area contributed by atoms with Crippen LogP contribution in [0.5, 0.6) is 0 Å². The summed E-state index contributed by atoms with van der Waals surface area (Å²) in [6, 6.07) is 6.67. The summed E-state index contributed by atoms with van der Waals surface area (Å²) < 4.78 is 27.8. The Kier molecular flexibility index (Phi) is 6.79. The van der Waals surface area contributed by atoms with Gasteiger partial charge < -0.3 is 4.90 Å². The summed E-state index contributed by atoms with van der Waals surface area (Å²) in [4.78, 5) is 16.2. The SMILES string of the molecule is CN(C)C(=O)C1CCCN1CCCNS(=O)(=O)c1ccccc1Br. The normalized spacial score (nSPS) is 18.7. The highest BCUT2D eigenvalue weighted by Crippen LogP contribution is 2.21. The van der Waals surface area contributed by atoms with Crippen molar-refractivity contribution in [2.75, 3.05) is 33.7 Å². The van der Waals surface area contributed by atoms with Gasteiger partial charge in [-0.05, 0) is 53.9 Å². The molecule has 1 aliphatic rings. The van der Waals surface area contributed by atoms with Crippen molar-refractivity contribution in [3.63, 3.8) is 0 Å². The third-order valence-corrected chi connectivity index (χ3v) is 6.60. The highest BCUT2D eigenvalue weighted by Gasteiger charge is 2.31. The summed E-state index contributed by atoms with van der Waals surface area (Å²) >= 11 is 3.26. The molecule has 0 saturated carbocycles. The van der Waals surface area contributed by atoms with Crippen molar-refractivity contribution in [2.24, 2.45) is 0 Å². The molecule has 1 aliphatic heterocycles. The summed E-state index contributed by atoms with van der Waals surface area (Å²) in [6.07, 6.45) is 2.55. The number of carbonyl (C=O) groups is 1. The van der Waals surface area contributed by atoms with Crippen molar-refractivity contribution >= 4 is 31.9 Å². The number of halogens is 1. The molecule has 1 aromatic carbocycles. The van der Waals surface area contributed by atoms with Crippen LogP contribution >= 0.6 is 15.9 Å². The zero-order valence-corrected chi connectivity index (χ0v) is 16.4. The van der Waals surface area contributed by atoms with E-state index in [4.69, 9.17) is 0 Å². The lowest BCUT2D eigenvalue weighted by Crippen LogP contribution is -2.43. The van der Waals surface area contributed by atoms with Crippen LogP contribution in [0, 0.1) is 0 Å². The summed E-state index contributed by atoms with van der Waals surface area (Å²) in [7, 11) is 0.0165. The molecule has 134 valence electrons. The molecule has 0 spiro atoms. The van der Waals surface area contributed by atoms with Crippen LogP contribution in [0.25, 0.3) is 0 Å². The van der Waals surface area contributed by atoms with Crippen LogP contribution < -0.4 is 4.72 Å². The van der Waals surface area contributed by atoms with Gasteiger partial charge in [0.15, 0.2) is 0 Å². The monoisotopic (exact) mass is 417 g/mol. The fourth-order valence-electron chi connectivity index (χ4n) is 2.90. The third-order valence-electron chi connectivity index (χ3n) is 4.13. The lowest BCUT2D eigenvalue weighted by Gasteiger charge is -2.26. The summed E-state index contributed by atoms with van der Waals surface area (Å²) in [5.41, 5.74) is 0. The lowest BCUT2D eigenvalue weighted by atomic mass is 10.2. The molecule has 2 rings (SSSR count). The lowest BCUT2D eigenvalue weighted by molar-refractivity contribution is -0.133. The molecule has 1 atom stereocenters. The minimum atomic E-state index is -3.52. The maximum Gasteiger partial charge on any atom is 0.241 e. The van der Waals surface area contributed by atoms with E-state index in [0.29, 0.717) is 24.0 Å². The van der Waals surface area contributed by atoms with Crippen LogP contribution in [-0.4, -0.2) is 63.9 Å². The summed E-state index contributed by atoms with van der Waals surface area (Å²) in [6.45, 7) is 1.95. The van der Waals surface area contributed by atoms with Crippen LogP contribution in [0.3, 0.4) is 0 Å². The average molecular weight is 418 g/mol. The van der Waals surface area contributed by atoms with Crippen molar-refractivity contribution in [3.8, 4) is 0 Å². The molecule has 1 amide bonds. The molecule has 1 saturated heterocycles. The van der Waals surface area contributed by atoms with Crippen molar-refractivity contribution in [1.82, 2.24) is 14.5 Å². The number of amides is 1. The topological polar surface area (TPSA) is 69.7 Å². The summed E-state index contributed by atoms with van der Waals surface area (Å²) in [5, 5.41) is 0. The van der Waals surface area contributed by atoms with E-state index >= 15 is 0 Å². The smallest absolute Gasteiger partial charge is 0.241 e. The Balaban J connectivity index is 1.84. The van der Waals surface area contributed by atoms with Gasteiger partial charge in [0.2, 0.25) is 15.9 Å². The first-order chi connectivity index (χ1) is 11.3. The number of benzene rings is 1. The Morgan fingerprint density at radius 1 is 1.38 bits per heavy atom. The maximum absolute atomic E-state index is 12.3. The van der Waals surface area contributed by atoms with Gasteiger partial charge in [-0.15, -0.1) is 0 Å². The van der Waals surface area contributed by atoms with Crippen LogP contribution in [0.2, 0.25) is 0 Å². The highest BCUT2D eigenvalue weighted by atomic mass is 79.9. The van der Waals surface area contributed by atoms with Gasteiger partial charge in [-0.3, -0.25) is 9.69 Å². The molecule has 0 radical (unpaired) electrons. The quantitative estimate of drug-likeness (QED) is 0.684. The third kappa shape index (κ3) is 4.78. The average Bonchev–Trinajstić information content (AvgIpc) is 2.99. The van der Waals surface area contributed by atoms with E-state index in [2.05, 4.69) is 25.6 Å². The van der Waals surface area contributed by atoms with E-state index in [1.807, 2.05) is 0 Å². The first kappa shape index (κ1) is 19.4. The van der Waals surface area contributed by atoms with Crippen molar-refractivity contribution in [1.29, 1.82) is 0 Å². The molecule has 1 unspecified atom stereocenters. The molecular formula is C16H24BrN3O3S. The standard InChI is InChI=1S/C16H24BrN3O3S/c1-19(2)16(21)14-8-5-11-20(14)12-6-10-18-24(22,23)15-9-4-3-7-13(15)17/h3-4,7,9,14,18H,5-6,8,10-12H2,1-2H3. The highest BCUT2D eigenvalue weighted by molar-refractivity contribution is 9.10. The molecule has 1 aromatic rings. The molecule has 0 bridgehead atoms. The number of nitrogens with zero attached hydrogens (tertiary/aromatic N) is 2. The van der Waals surface area contributed by atoms with Crippen molar-refractivity contribution in [3.05, 3.63) is 28.7 Å². The number of sulfonamides is 1. The Bertz CT molecular complexity index is 679. The van der Waals surface area contributed by atoms with Crippen LogP contribution in [-0.2, 0) is 14.8 Å². The number of likely N-dealkylation sites (N-methyl/N-ethyl adjacent to an activating group) is 1. The van der Waals surface area contributed by atoms with Gasteiger partial charge in [0.1, 0.15) is 0 Å². The molecule has 8 heteroatoms. The number of rotatable bonds is 7. The number of hydrogen-bond acceptors (Lipinski definition) is 4. The number of likely N-dealkylation sites (tertiary alicyclic amines) is 1. The Morgan fingerprint density at radius 2 is 2.08 bits per heavy atom. The first-order valence-electron chi connectivity index (χ1n) is 8.02. The number of hydrogen-bond donors (Lipinski definition) is 1. The number of nitrogens with one attached hydrogen (secondary N) is 1. The van der Waals surface area contributed by atoms with Gasteiger partial charge in [-0.2, -0.15) is 0 Å². The fraction of sp³-hybridized carbons (Fsp3) is 0.562. The predicted molar refractivity (Wildman–Crippen MR) is 97.2 cm³/mol. The molecule has 24 heavy (non-hydrogen) atoms. The van der Waals surface area contributed by atoms with Crippen molar-refractivity contribution < 1.29 is 13.2 Å². The van der Waals surface area contributed by atoms with Crippen LogP contribution in [0.4, 0.5) is 0 Å². The number of carbonyl (C=O) groups excluding carboxylic acids is 1. The van der Waals surface area contributed by atoms with Crippen molar-refractivity contribution in [2.45, 2.75) is 30.2 Å². The first-order valence-corrected chi connectivity index (χ1v) is 10.3. The second-order valence-electron chi connectivity index (χ2n) is 6.11. The predicted octanol–water partition coefficient (Wildman–Crippen LogP) is 1.67. The van der Waals surface area contributed by atoms with E-state index in [1.54, 1.807) is 43.3 Å². The van der Waals surface area contributed by atoms with Gasteiger partial charge in [-0.1, -0.05) is 12.1 Å². The van der Waals surface area contributed by atoms with Gasteiger partial charge in [0.05, 0.1) is 10.9 Å². The molecule has 6 nitrogen and oxygen atoms in total. The van der Waals surface area contributed by atoms with Gasteiger partial charge in [0.25, 0.3) is 0 Å². The largest absolute Gasteiger partial charge is 0.347 e. The summed E-state index contributed by atoms with van der Waals surface area (Å²) in [5.74, 6) is 0.126.